The summed E-state index contributed by atoms with van der Waals surface area (Å²) >= 11 is 0. The molecule has 1 aromatic carbocycles. The number of carbonyl (C=O) groups is 1. The van der Waals surface area contributed by atoms with Crippen LogP contribution in [-0.4, -0.2) is 12.5 Å². The second-order valence-corrected chi connectivity index (χ2v) is 4.66. The van der Waals surface area contributed by atoms with Gasteiger partial charge in [0.25, 0.3) is 5.91 Å². The highest BCUT2D eigenvalue weighted by Gasteiger charge is 2.21. The molecule has 0 spiro atoms. The van der Waals surface area contributed by atoms with Crippen LogP contribution in [-0.2, 0) is 6.42 Å². The molecule has 20 heavy (non-hydrogen) atoms. The SMILES string of the molecule is CCCN(C(=O)c1ccoc1CC)c1ccc(N)cc1. The molecule has 0 aliphatic heterocycles. The van der Waals surface area contributed by atoms with Gasteiger partial charge in [-0.3, -0.25) is 4.79 Å². The number of furan rings is 1. The summed E-state index contributed by atoms with van der Waals surface area (Å²) in [6, 6.07) is 9.09. The number of nitrogen functional groups attached to an aromatic ring is 1. The van der Waals surface area contributed by atoms with Crippen molar-refractivity contribution in [3.05, 3.63) is 47.9 Å². The number of carbonyl (C=O) groups excluding carboxylic acids is 1. The normalized spacial score (nSPS) is 10.5. The number of amides is 1. The second kappa shape index (κ2) is 6.28. The number of nitrogens with zero attached hydrogens (tertiary/aromatic N) is 1. The van der Waals surface area contributed by atoms with Crippen molar-refractivity contribution >= 4 is 17.3 Å². The molecule has 0 saturated carbocycles. The van der Waals surface area contributed by atoms with E-state index in [1.54, 1.807) is 29.4 Å². The lowest BCUT2D eigenvalue weighted by Crippen LogP contribution is -2.32. The van der Waals surface area contributed by atoms with E-state index in [9.17, 15) is 4.79 Å². The Balaban J connectivity index is 2.33. The number of hydrogen-bond donors (Lipinski definition) is 1. The monoisotopic (exact) mass is 272 g/mol. The van der Waals surface area contributed by atoms with Gasteiger partial charge in [-0.2, -0.15) is 0 Å². The van der Waals surface area contributed by atoms with Crippen molar-refractivity contribution in [2.75, 3.05) is 17.2 Å². The minimum Gasteiger partial charge on any atom is -0.469 e. The Bertz CT molecular complexity index is 572. The van der Waals surface area contributed by atoms with Gasteiger partial charge in [0, 0.05) is 24.3 Å². The largest absolute Gasteiger partial charge is 0.469 e. The first-order valence-electron chi connectivity index (χ1n) is 6.91. The summed E-state index contributed by atoms with van der Waals surface area (Å²) in [7, 11) is 0. The second-order valence-electron chi connectivity index (χ2n) is 4.66. The van der Waals surface area contributed by atoms with Crippen LogP contribution in [0.5, 0.6) is 0 Å². The third-order valence-electron chi connectivity index (χ3n) is 3.19. The van der Waals surface area contributed by atoms with E-state index in [4.69, 9.17) is 10.2 Å². The Morgan fingerprint density at radius 3 is 2.50 bits per heavy atom. The van der Waals surface area contributed by atoms with Crippen LogP contribution in [0.4, 0.5) is 11.4 Å². The molecule has 0 radical (unpaired) electrons. The van der Waals surface area contributed by atoms with Gasteiger partial charge in [-0.1, -0.05) is 13.8 Å². The molecule has 0 aliphatic rings. The first-order valence-corrected chi connectivity index (χ1v) is 6.91. The van der Waals surface area contributed by atoms with Crippen LogP contribution < -0.4 is 10.6 Å². The molecule has 2 rings (SSSR count). The molecule has 0 bridgehead atoms. The van der Waals surface area contributed by atoms with E-state index >= 15 is 0 Å². The average molecular weight is 272 g/mol. The Morgan fingerprint density at radius 2 is 1.90 bits per heavy atom. The number of anilines is 2. The lowest BCUT2D eigenvalue weighted by atomic mass is 10.1. The van der Waals surface area contributed by atoms with Gasteiger partial charge in [0.15, 0.2) is 0 Å². The zero-order valence-electron chi connectivity index (χ0n) is 11.9. The number of benzene rings is 1. The molecule has 0 atom stereocenters. The van der Waals surface area contributed by atoms with Crippen molar-refractivity contribution in [1.29, 1.82) is 0 Å². The first-order chi connectivity index (χ1) is 9.67. The maximum absolute atomic E-state index is 12.7. The molecule has 106 valence electrons. The van der Waals surface area contributed by atoms with Gasteiger partial charge in [0.1, 0.15) is 5.76 Å². The summed E-state index contributed by atoms with van der Waals surface area (Å²) in [5, 5.41) is 0. The van der Waals surface area contributed by atoms with E-state index in [1.807, 2.05) is 26.0 Å². The third-order valence-corrected chi connectivity index (χ3v) is 3.19. The van der Waals surface area contributed by atoms with E-state index in [-0.39, 0.29) is 5.91 Å². The van der Waals surface area contributed by atoms with Gasteiger partial charge in [-0.15, -0.1) is 0 Å². The molecule has 1 aromatic heterocycles. The van der Waals surface area contributed by atoms with E-state index in [1.165, 1.54) is 0 Å². The molecule has 0 fully saturated rings. The fraction of sp³-hybridized carbons (Fsp3) is 0.312. The Hall–Kier alpha value is -2.23. The third kappa shape index (κ3) is 2.85. The zero-order chi connectivity index (χ0) is 14.5. The topological polar surface area (TPSA) is 59.5 Å². The molecule has 4 nitrogen and oxygen atoms in total. The van der Waals surface area contributed by atoms with Gasteiger partial charge in [0.05, 0.1) is 11.8 Å². The summed E-state index contributed by atoms with van der Waals surface area (Å²) < 4.78 is 5.35. The molecule has 0 aliphatic carbocycles. The number of nitrogens with two attached hydrogens (primary N) is 1. The summed E-state index contributed by atoms with van der Waals surface area (Å²) in [5.74, 6) is 0.703. The van der Waals surface area contributed by atoms with E-state index in [0.29, 0.717) is 24.2 Å². The smallest absolute Gasteiger partial charge is 0.261 e. The molecule has 4 heteroatoms. The van der Waals surface area contributed by atoms with E-state index < -0.39 is 0 Å². The number of hydrogen-bond acceptors (Lipinski definition) is 3. The number of aryl methyl sites for hydroxylation is 1. The molecule has 1 heterocycles. The number of rotatable bonds is 5. The summed E-state index contributed by atoms with van der Waals surface area (Å²) in [6.07, 6.45) is 3.16. The molecular weight excluding hydrogens is 252 g/mol. The lowest BCUT2D eigenvalue weighted by molar-refractivity contribution is 0.0985. The standard InChI is InChI=1S/C16H20N2O2/c1-3-10-18(13-7-5-12(17)6-8-13)16(19)14-9-11-20-15(14)4-2/h5-9,11H,3-4,10,17H2,1-2H3. The Kier molecular flexibility index (Phi) is 4.45. The maximum Gasteiger partial charge on any atom is 0.261 e. The molecular formula is C16H20N2O2. The molecule has 0 saturated heterocycles. The summed E-state index contributed by atoms with van der Waals surface area (Å²) in [6.45, 7) is 4.69. The molecule has 1 amide bonds. The van der Waals surface area contributed by atoms with Crippen LogP contribution in [0.3, 0.4) is 0 Å². The average Bonchev–Trinajstić information content (AvgIpc) is 2.93. The van der Waals surface area contributed by atoms with Crippen LogP contribution in [0.15, 0.2) is 41.0 Å². The predicted molar refractivity (Wildman–Crippen MR) is 80.9 cm³/mol. The van der Waals surface area contributed by atoms with Crippen LogP contribution in [0, 0.1) is 0 Å². The van der Waals surface area contributed by atoms with E-state index in [0.717, 1.165) is 17.9 Å². The van der Waals surface area contributed by atoms with Crippen LogP contribution in [0.25, 0.3) is 0 Å². The predicted octanol–water partition coefficient (Wildman–Crippen LogP) is 3.48. The van der Waals surface area contributed by atoms with Gasteiger partial charge in [0.2, 0.25) is 0 Å². The Labute approximate surface area is 119 Å². The van der Waals surface area contributed by atoms with Gasteiger partial charge in [-0.05, 0) is 36.8 Å². The quantitative estimate of drug-likeness (QED) is 0.848. The maximum atomic E-state index is 12.7. The van der Waals surface area contributed by atoms with Crippen molar-refractivity contribution in [3.8, 4) is 0 Å². The van der Waals surface area contributed by atoms with Gasteiger partial charge in [-0.25, -0.2) is 0 Å². The lowest BCUT2D eigenvalue weighted by Gasteiger charge is -2.22. The van der Waals surface area contributed by atoms with Crippen LogP contribution in [0.2, 0.25) is 0 Å². The highest BCUT2D eigenvalue weighted by atomic mass is 16.3. The van der Waals surface area contributed by atoms with Crippen molar-refractivity contribution < 1.29 is 9.21 Å². The zero-order valence-corrected chi connectivity index (χ0v) is 11.9. The van der Waals surface area contributed by atoms with Crippen molar-refractivity contribution in [3.63, 3.8) is 0 Å². The fourth-order valence-electron chi connectivity index (χ4n) is 2.18. The Morgan fingerprint density at radius 1 is 1.20 bits per heavy atom. The van der Waals surface area contributed by atoms with Crippen LogP contribution >= 0.6 is 0 Å². The highest BCUT2D eigenvalue weighted by molar-refractivity contribution is 6.06. The first kappa shape index (κ1) is 14.2. The highest BCUT2D eigenvalue weighted by Crippen LogP contribution is 2.21. The van der Waals surface area contributed by atoms with Crippen LogP contribution in [0.1, 0.15) is 36.4 Å². The summed E-state index contributed by atoms with van der Waals surface area (Å²) in [5.41, 5.74) is 7.88. The molecule has 2 aromatic rings. The molecule has 0 unspecified atom stereocenters. The summed E-state index contributed by atoms with van der Waals surface area (Å²) in [4.78, 5) is 14.5. The van der Waals surface area contributed by atoms with Gasteiger partial charge >= 0.3 is 0 Å². The van der Waals surface area contributed by atoms with Crippen molar-refractivity contribution in [2.24, 2.45) is 0 Å². The van der Waals surface area contributed by atoms with Crippen molar-refractivity contribution in [1.82, 2.24) is 0 Å². The fourth-order valence-corrected chi connectivity index (χ4v) is 2.18. The van der Waals surface area contributed by atoms with E-state index in [2.05, 4.69) is 0 Å². The minimum absolute atomic E-state index is 0.0257. The van der Waals surface area contributed by atoms with Gasteiger partial charge < -0.3 is 15.1 Å². The van der Waals surface area contributed by atoms with Crippen molar-refractivity contribution in [2.45, 2.75) is 26.7 Å². The minimum atomic E-state index is -0.0257. The molecule has 2 N–H and O–H groups in total.